The van der Waals surface area contributed by atoms with E-state index in [1.54, 1.807) is 0 Å². The number of likely N-dealkylation sites (tertiary alicyclic amines) is 2. The molecule has 0 bridgehead atoms. The summed E-state index contributed by atoms with van der Waals surface area (Å²) in [6, 6.07) is 9.70. The molecule has 3 rings (SSSR count). The zero-order chi connectivity index (χ0) is 15.2. The van der Waals surface area contributed by atoms with Crippen LogP contribution in [0.3, 0.4) is 0 Å². The van der Waals surface area contributed by atoms with E-state index >= 15 is 0 Å². The molecule has 1 aromatic rings. The number of piperidine rings is 2. The maximum absolute atomic E-state index is 3.81. The van der Waals surface area contributed by atoms with E-state index in [0.717, 1.165) is 6.04 Å². The highest BCUT2D eigenvalue weighted by Gasteiger charge is 2.25. The van der Waals surface area contributed by atoms with Crippen LogP contribution in [0.25, 0.3) is 6.08 Å². The molecular formula is C20H30N2. The summed E-state index contributed by atoms with van der Waals surface area (Å²) in [6.45, 7) is 10.3. The predicted octanol–water partition coefficient (Wildman–Crippen LogP) is 3.82. The molecule has 0 aliphatic carbocycles. The molecule has 120 valence electrons. The highest BCUT2D eigenvalue weighted by atomic mass is 15.2. The number of rotatable bonds is 5. The number of hydrogen-bond donors (Lipinski definition) is 0. The summed E-state index contributed by atoms with van der Waals surface area (Å²) in [5, 5.41) is 0. The van der Waals surface area contributed by atoms with Crippen LogP contribution < -0.4 is 0 Å². The molecule has 0 unspecified atom stereocenters. The summed E-state index contributed by atoms with van der Waals surface area (Å²) < 4.78 is 0. The SMILES string of the molecule is C=Cc1ccc(CCN2CCC(N3CCCCC3)CC2)cc1. The fourth-order valence-corrected chi connectivity index (χ4v) is 3.90. The minimum Gasteiger partial charge on any atom is -0.303 e. The summed E-state index contributed by atoms with van der Waals surface area (Å²) in [6.07, 6.45) is 10.1. The van der Waals surface area contributed by atoms with Gasteiger partial charge in [0.1, 0.15) is 0 Å². The van der Waals surface area contributed by atoms with Gasteiger partial charge in [-0.05, 0) is 69.4 Å². The third-order valence-electron chi connectivity index (χ3n) is 5.40. The Balaban J connectivity index is 1.40. The monoisotopic (exact) mass is 298 g/mol. The second-order valence-corrected chi connectivity index (χ2v) is 6.87. The van der Waals surface area contributed by atoms with Crippen molar-refractivity contribution in [2.24, 2.45) is 0 Å². The van der Waals surface area contributed by atoms with Gasteiger partial charge in [0, 0.05) is 12.6 Å². The molecule has 2 heteroatoms. The second kappa shape index (κ2) is 7.94. The van der Waals surface area contributed by atoms with E-state index in [2.05, 4.69) is 40.6 Å². The Morgan fingerprint density at radius 3 is 2.27 bits per heavy atom. The first-order valence-electron chi connectivity index (χ1n) is 9.03. The van der Waals surface area contributed by atoms with Gasteiger partial charge >= 0.3 is 0 Å². The van der Waals surface area contributed by atoms with Crippen LogP contribution in [-0.4, -0.2) is 48.6 Å². The van der Waals surface area contributed by atoms with Crippen LogP contribution in [0.1, 0.15) is 43.2 Å². The van der Waals surface area contributed by atoms with E-state index in [1.165, 1.54) is 82.4 Å². The summed E-state index contributed by atoms with van der Waals surface area (Å²) in [7, 11) is 0. The van der Waals surface area contributed by atoms with Crippen LogP contribution in [0.4, 0.5) is 0 Å². The second-order valence-electron chi connectivity index (χ2n) is 6.87. The van der Waals surface area contributed by atoms with Gasteiger partial charge in [0.15, 0.2) is 0 Å². The minimum absolute atomic E-state index is 0.864. The Morgan fingerprint density at radius 2 is 1.64 bits per heavy atom. The van der Waals surface area contributed by atoms with Gasteiger partial charge in [-0.25, -0.2) is 0 Å². The Morgan fingerprint density at radius 1 is 0.955 bits per heavy atom. The van der Waals surface area contributed by atoms with Gasteiger partial charge in [0.2, 0.25) is 0 Å². The van der Waals surface area contributed by atoms with Crippen LogP contribution in [0.5, 0.6) is 0 Å². The Kier molecular flexibility index (Phi) is 5.69. The fraction of sp³-hybridized carbons (Fsp3) is 0.600. The Bertz CT molecular complexity index is 451. The van der Waals surface area contributed by atoms with Gasteiger partial charge in [0.05, 0.1) is 0 Å². The van der Waals surface area contributed by atoms with Crippen molar-refractivity contribution in [3.8, 4) is 0 Å². The molecule has 0 atom stereocenters. The molecule has 2 fully saturated rings. The smallest absolute Gasteiger partial charge is 0.0120 e. The molecule has 22 heavy (non-hydrogen) atoms. The zero-order valence-electron chi connectivity index (χ0n) is 13.8. The lowest BCUT2D eigenvalue weighted by Gasteiger charge is -2.40. The van der Waals surface area contributed by atoms with E-state index in [-0.39, 0.29) is 0 Å². The molecular weight excluding hydrogens is 268 g/mol. The normalized spacial score (nSPS) is 21.8. The van der Waals surface area contributed by atoms with E-state index in [0.29, 0.717) is 0 Å². The lowest BCUT2D eigenvalue weighted by Crippen LogP contribution is -2.47. The van der Waals surface area contributed by atoms with Gasteiger partial charge in [-0.15, -0.1) is 0 Å². The molecule has 0 spiro atoms. The Labute approximate surface area is 135 Å². The van der Waals surface area contributed by atoms with Crippen molar-refractivity contribution in [2.45, 2.75) is 44.6 Å². The van der Waals surface area contributed by atoms with Crippen molar-refractivity contribution in [3.63, 3.8) is 0 Å². The zero-order valence-corrected chi connectivity index (χ0v) is 13.8. The Hall–Kier alpha value is -1.12. The van der Waals surface area contributed by atoms with Crippen molar-refractivity contribution < 1.29 is 0 Å². The molecule has 2 saturated heterocycles. The highest BCUT2D eigenvalue weighted by molar-refractivity contribution is 5.47. The maximum atomic E-state index is 3.81. The van der Waals surface area contributed by atoms with Gasteiger partial charge in [0.25, 0.3) is 0 Å². The summed E-state index contributed by atoms with van der Waals surface area (Å²) in [4.78, 5) is 5.41. The molecule has 0 aromatic heterocycles. The maximum Gasteiger partial charge on any atom is 0.0120 e. The largest absolute Gasteiger partial charge is 0.303 e. The molecule has 1 aromatic carbocycles. The summed E-state index contributed by atoms with van der Waals surface area (Å²) >= 11 is 0. The van der Waals surface area contributed by atoms with Crippen molar-refractivity contribution >= 4 is 6.08 Å². The first kappa shape index (κ1) is 15.8. The molecule has 0 radical (unpaired) electrons. The third-order valence-corrected chi connectivity index (χ3v) is 5.40. The van der Waals surface area contributed by atoms with Crippen molar-refractivity contribution in [3.05, 3.63) is 42.0 Å². The molecule has 2 nitrogen and oxygen atoms in total. The lowest BCUT2D eigenvalue weighted by atomic mass is 9.99. The van der Waals surface area contributed by atoms with Gasteiger partial charge < -0.3 is 9.80 Å². The first-order chi connectivity index (χ1) is 10.8. The number of nitrogens with zero attached hydrogens (tertiary/aromatic N) is 2. The number of hydrogen-bond acceptors (Lipinski definition) is 2. The van der Waals surface area contributed by atoms with E-state index in [9.17, 15) is 0 Å². The lowest BCUT2D eigenvalue weighted by molar-refractivity contribution is 0.0931. The number of benzene rings is 1. The van der Waals surface area contributed by atoms with E-state index < -0.39 is 0 Å². The molecule has 0 amide bonds. The summed E-state index contributed by atoms with van der Waals surface area (Å²) in [5.74, 6) is 0. The third kappa shape index (κ3) is 4.21. The topological polar surface area (TPSA) is 6.48 Å². The van der Waals surface area contributed by atoms with Crippen LogP contribution in [0.15, 0.2) is 30.8 Å². The van der Waals surface area contributed by atoms with Crippen LogP contribution in [0.2, 0.25) is 0 Å². The fourth-order valence-electron chi connectivity index (χ4n) is 3.90. The van der Waals surface area contributed by atoms with Crippen molar-refractivity contribution in [1.29, 1.82) is 0 Å². The van der Waals surface area contributed by atoms with Gasteiger partial charge in [-0.3, -0.25) is 0 Å². The molecule has 0 N–H and O–H groups in total. The van der Waals surface area contributed by atoms with E-state index in [1.807, 2.05) is 6.08 Å². The average molecular weight is 298 g/mol. The van der Waals surface area contributed by atoms with Gasteiger partial charge in [-0.1, -0.05) is 43.3 Å². The van der Waals surface area contributed by atoms with Crippen LogP contribution in [-0.2, 0) is 6.42 Å². The molecule has 0 saturated carbocycles. The van der Waals surface area contributed by atoms with Crippen LogP contribution >= 0.6 is 0 Å². The molecule has 2 aliphatic rings. The van der Waals surface area contributed by atoms with Gasteiger partial charge in [-0.2, -0.15) is 0 Å². The van der Waals surface area contributed by atoms with Crippen molar-refractivity contribution in [1.82, 2.24) is 9.80 Å². The van der Waals surface area contributed by atoms with Crippen LogP contribution in [0, 0.1) is 0 Å². The first-order valence-corrected chi connectivity index (χ1v) is 9.03. The van der Waals surface area contributed by atoms with E-state index in [4.69, 9.17) is 0 Å². The quantitative estimate of drug-likeness (QED) is 0.815. The highest BCUT2D eigenvalue weighted by Crippen LogP contribution is 2.21. The average Bonchev–Trinajstić information content (AvgIpc) is 2.61. The standard InChI is InChI=1S/C20H30N2/c1-2-18-6-8-19(9-7-18)10-15-21-16-11-20(12-17-21)22-13-4-3-5-14-22/h2,6-9,20H,1,3-5,10-17H2. The minimum atomic E-state index is 0.864. The predicted molar refractivity (Wildman–Crippen MR) is 95.1 cm³/mol. The molecule has 2 aliphatic heterocycles. The van der Waals surface area contributed by atoms with Crippen molar-refractivity contribution in [2.75, 3.05) is 32.7 Å². The summed E-state index contributed by atoms with van der Waals surface area (Å²) in [5.41, 5.74) is 2.66. The molecule has 2 heterocycles.